The van der Waals surface area contributed by atoms with Gasteiger partial charge in [0.2, 0.25) is 5.91 Å². The van der Waals surface area contributed by atoms with Gasteiger partial charge in [0.25, 0.3) is 0 Å². The Balaban J connectivity index is 2.02. The lowest BCUT2D eigenvalue weighted by Crippen LogP contribution is -2.62. The molecule has 0 aromatic heterocycles. The second-order valence-corrected chi connectivity index (χ2v) is 13.4. The van der Waals surface area contributed by atoms with Gasteiger partial charge >= 0.3 is 0 Å². The van der Waals surface area contributed by atoms with E-state index in [1.165, 1.54) is 4.90 Å². The first-order valence-corrected chi connectivity index (χ1v) is 11.6. The SMILES string of the molecule is C[C@@H](O[Si](C)(C)C(C)(C)C)[C@@H]1C(=O)N[C@H]1Sc1ccccc1. The second kappa shape index (κ2) is 6.38. The highest BCUT2D eigenvalue weighted by Crippen LogP contribution is 2.40. The van der Waals surface area contributed by atoms with Gasteiger partial charge in [-0.3, -0.25) is 4.79 Å². The highest BCUT2D eigenvalue weighted by molar-refractivity contribution is 8.00. The van der Waals surface area contributed by atoms with E-state index in [1.807, 2.05) is 25.1 Å². The van der Waals surface area contributed by atoms with Gasteiger partial charge in [0, 0.05) is 4.90 Å². The number of amides is 1. The van der Waals surface area contributed by atoms with E-state index < -0.39 is 8.32 Å². The van der Waals surface area contributed by atoms with Crippen molar-refractivity contribution in [3.63, 3.8) is 0 Å². The van der Waals surface area contributed by atoms with Gasteiger partial charge < -0.3 is 9.74 Å². The third-order valence-electron chi connectivity index (χ3n) is 4.71. The predicted octanol–water partition coefficient (Wildman–Crippen LogP) is 4.26. The quantitative estimate of drug-likeness (QED) is 0.644. The molecule has 3 nitrogen and oxygen atoms in total. The van der Waals surface area contributed by atoms with Crippen molar-refractivity contribution < 1.29 is 9.22 Å². The molecule has 1 amide bonds. The molecule has 5 heteroatoms. The van der Waals surface area contributed by atoms with E-state index in [2.05, 4.69) is 51.3 Å². The highest BCUT2D eigenvalue weighted by atomic mass is 32.2. The Bertz CT molecular complexity index is 527. The van der Waals surface area contributed by atoms with Gasteiger partial charge in [-0.2, -0.15) is 0 Å². The Morgan fingerprint density at radius 1 is 1.23 bits per heavy atom. The van der Waals surface area contributed by atoms with E-state index in [0.717, 1.165) is 0 Å². The van der Waals surface area contributed by atoms with Gasteiger partial charge in [0.1, 0.15) is 0 Å². The Labute approximate surface area is 139 Å². The highest BCUT2D eigenvalue weighted by Gasteiger charge is 2.47. The largest absolute Gasteiger partial charge is 0.413 e. The molecule has 0 bridgehead atoms. The van der Waals surface area contributed by atoms with Gasteiger partial charge in [0.15, 0.2) is 8.32 Å². The van der Waals surface area contributed by atoms with Crippen molar-refractivity contribution in [2.24, 2.45) is 5.92 Å². The van der Waals surface area contributed by atoms with Crippen LogP contribution in [0, 0.1) is 5.92 Å². The van der Waals surface area contributed by atoms with Crippen LogP contribution in [0.5, 0.6) is 0 Å². The lowest BCUT2D eigenvalue weighted by Gasteiger charge is -2.45. The van der Waals surface area contributed by atoms with E-state index >= 15 is 0 Å². The van der Waals surface area contributed by atoms with Crippen LogP contribution < -0.4 is 5.32 Å². The zero-order valence-corrected chi connectivity index (χ0v) is 16.2. The van der Waals surface area contributed by atoms with E-state index in [0.29, 0.717) is 0 Å². The molecule has 0 saturated carbocycles. The summed E-state index contributed by atoms with van der Waals surface area (Å²) in [4.78, 5) is 13.2. The molecular formula is C17H27NO2SSi. The van der Waals surface area contributed by atoms with E-state index in [4.69, 9.17) is 4.43 Å². The molecule has 2 rings (SSSR count). The Hall–Kier alpha value is -0.783. The summed E-state index contributed by atoms with van der Waals surface area (Å²) < 4.78 is 6.41. The molecule has 1 N–H and O–H groups in total. The summed E-state index contributed by atoms with van der Waals surface area (Å²) >= 11 is 1.71. The van der Waals surface area contributed by atoms with Crippen molar-refractivity contribution in [3.8, 4) is 0 Å². The lowest BCUT2D eigenvalue weighted by atomic mass is 9.96. The number of carbonyl (C=O) groups is 1. The van der Waals surface area contributed by atoms with Crippen molar-refractivity contribution in [3.05, 3.63) is 30.3 Å². The molecule has 1 saturated heterocycles. The van der Waals surface area contributed by atoms with E-state index in [-0.39, 0.29) is 28.3 Å². The third-order valence-corrected chi connectivity index (χ3v) is 10.5. The van der Waals surface area contributed by atoms with Gasteiger partial charge in [-0.15, -0.1) is 11.8 Å². The van der Waals surface area contributed by atoms with Crippen molar-refractivity contribution in [2.75, 3.05) is 0 Å². The molecule has 0 aliphatic carbocycles. The standard InChI is InChI=1S/C17H27NO2SSi/c1-12(20-22(5,6)17(2,3)4)14-15(19)18-16(14)21-13-10-8-7-9-11-13/h7-12,14,16H,1-6H3,(H,18,19)/t12-,14-,16+/m1/s1. The minimum absolute atomic E-state index is 0.0455. The number of benzene rings is 1. The lowest BCUT2D eigenvalue weighted by molar-refractivity contribution is -0.136. The van der Waals surface area contributed by atoms with Crippen LogP contribution >= 0.6 is 11.8 Å². The van der Waals surface area contributed by atoms with Gasteiger partial charge in [0.05, 0.1) is 17.4 Å². The smallest absolute Gasteiger partial charge is 0.229 e. The van der Waals surface area contributed by atoms with Crippen LogP contribution in [0.3, 0.4) is 0 Å². The van der Waals surface area contributed by atoms with Crippen LogP contribution in [0.25, 0.3) is 0 Å². The molecule has 122 valence electrons. The van der Waals surface area contributed by atoms with Crippen LogP contribution in [0.1, 0.15) is 27.7 Å². The Morgan fingerprint density at radius 2 is 1.82 bits per heavy atom. The fraction of sp³-hybridized carbons (Fsp3) is 0.588. The summed E-state index contributed by atoms with van der Waals surface area (Å²) in [5.74, 6) is 0.0407. The van der Waals surface area contributed by atoms with Crippen LogP contribution in [-0.4, -0.2) is 25.7 Å². The molecule has 1 fully saturated rings. The molecule has 1 aliphatic rings. The minimum Gasteiger partial charge on any atom is -0.413 e. The molecule has 22 heavy (non-hydrogen) atoms. The summed E-state index contributed by atoms with van der Waals surface area (Å²) in [5.41, 5.74) is 0. The monoisotopic (exact) mass is 337 g/mol. The number of hydrogen-bond donors (Lipinski definition) is 1. The molecule has 1 heterocycles. The van der Waals surface area contributed by atoms with Gasteiger partial charge in [-0.05, 0) is 37.2 Å². The number of nitrogens with one attached hydrogen (secondary N) is 1. The summed E-state index contributed by atoms with van der Waals surface area (Å²) in [6.45, 7) is 13.2. The first kappa shape index (κ1) is 17.6. The van der Waals surface area contributed by atoms with Crippen molar-refractivity contribution in [2.45, 2.75) is 62.2 Å². The zero-order valence-electron chi connectivity index (χ0n) is 14.3. The molecule has 0 radical (unpaired) electrons. The minimum atomic E-state index is -1.85. The van der Waals surface area contributed by atoms with E-state index in [1.54, 1.807) is 11.8 Å². The van der Waals surface area contributed by atoms with E-state index in [9.17, 15) is 4.79 Å². The van der Waals surface area contributed by atoms with Crippen molar-refractivity contribution >= 4 is 26.0 Å². The second-order valence-electron chi connectivity index (χ2n) is 7.47. The Kier molecular flexibility index (Phi) is 5.09. The molecule has 0 unspecified atom stereocenters. The maximum Gasteiger partial charge on any atom is 0.229 e. The number of thioether (sulfide) groups is 1. The van der Waals surface area contributed by atoms with Crippen molar-refractivity contribution in [1.82, 2.24) is 5.32 Å². The van der Waals surface area contributed by atoms with Crippen LogP contribution in [-0.2, 0) is 9.22 Å². The molecule has 1 aromatic rings. The third kappa shape index (κ3) is 3.75. The first-order valence-electron chi connectivity index (χ1n) is 7.82. The number of β-lactam (4-membered cyclic amide) rings is 1. The van der Waals surface area contributed by atoms with Crippen LogP contribution in [0.2, 0.25) is 18.1 Å². The van der Waals surface area contributed by atoms with Gasteiger partial charge in [-0.1, -0.05) is 39.0 Å². The summed E-state index contributed by atoms with van der Waals surface area (Å²) in [7, 11) is -1.85. The predicted molar refractivity (Wildman–Crippen MR) is 95.5 cm³/mol. The fourth-order valence-corrected chi connectivity index (χ4v) is 4.99. The average molecular weight is 338 g/mol. The first-order chi connectivity index (χ1) is 10.1. The summed E-state index contributed by atoms with van der Waals surface area (Å²) in [6, 6.07) is 10.2. The number of carbonyl (C=O) groups excluding carboxylic acids is 1. The molecule has 0 spiro atoms. The Morgan fingerprint density at radius 3 is 2.32 bits per heavy atom. The number of hydrogen-bond acceptors (Lipinski definition) is 3. The maximum atomic E-state index is 12.0. The molecule has 1 aliphatic heterocycles. The van der Waals surface area contributed by atoms with Crippen LogP contribution in [0.15, 0.2) is 35.2 Å². The molecular weight excluding hydrogens is 310 g/mol. The zero-order chi connectivity index (χ0) is 16.5. The topological polar surface area (TPSA) is 38.3 Å². The van der Waals surface area contributed by atoms with Gasteiger partial charge in [-0.25, -0.2) is 0 Å². The average Bonchev–Trinajstić information content (AvgIpc) is 2.36. The van der Waals surface area contributed by atoms with Crippen molar-refractivity contribution in [1.29, 1.82) is 0 Å². The molecule has 1 aromatic carbocycles. The summed E-state index contributed by atoms with van der Waals surface area (Å²) in [5, 5.41) is 3.27. The van der Waals surface area contributed by atoms with Crippen LogP contribution in [0.4, 0.5) is 0 Å². The fourth-order valence-electron chi connectivity index (χ4n) is 2.29. The normalized spacial score (nSPS) is 23.6. The maximum absolute atomic E-state index is 12.0. The molecule has 3 atom stereocenters. The number of rotatable bonds is 5. The summed E-state index contributed by atoms with van der Waals surface area (Å²) in [6.07, 6.45) is -0.0455.